The van der Waals surface area contributed by atoms with Crippen LogP contribution in [-0.4, -0.2) is 40.6 Å². The van der Waals surface area contributed by atoms with Gasteiger partial charge in [-0.05, 0) is 24.7 Å². The number of carboxylic acids is 1. The van der Waals surface area contributed by atoms with E-state index in [-0.39, 0.29) is 0 Å². The first kappa shape index (κ1) is 13.5. The summed E-state index contributed by atoms with van der Waals surface area (Å²) in [5, 5.41) is 8.77. The average Bonchev–Trinajstić information content (AvgIpc) is 2.68. The van der Waals surface area contributed by atoms with Crippen LogP contribution in [0.1, 0.15) is 11.5 Å². The van der Waals surface area contributed by atoms with Crippen molar-refractivity contribution in [3.8, 4) is 0 Å². The molecule has 0 saturated carbocycles. The summed E-state index contributed by atoms with van der Waals surface area (Å²) >= 11 is 0. The van der Waals surface area contributed by atoms with Crippen molar-refractivity contribution >= 4 is 17.1 Å². The Morgan fingerprint density at radius 1 is 1.58 bits per heavy atom. The van der Waals surface area contributed by atoms with Gasteiger partial charge in [-0.25, -0.2) is 4.98 Å². The Morgan fingerprint density at radius 3 is 3.00 bits per heavy atom. The fourth-order valence-corrected chi connectivity index (χ4v) is 1.97. The van der Waals surface area contributed by atoms with E-state index in [1.165, 1.54) is 0 Å². The first-order valence-electron chi connectivity index (χ1n) is 5.98. The molecule has 1 aromatic heterocycles. The number of likely N-dealkylation sites (N-methyl/N-ethyl adjacent to an activating group) is 1. The Labute approximate surface area is 110 Å². The number of nitrogens with zero attached hydrogens (tertiary/aromatic N) is 2. The maximum Gasteiger partial charge on any atom is 0.321 e. The monoisotopic (exact) mass is 263 g/mol. The van der Waals surface area contributed by atoms with Crippen molar-refractivity contribution in [2.75, 3.05) is 13.6 Å². The minimum absolute atomic E-state index is 0.294. The average molecular weight is 263 g/mol. The Bertz CT molecular complexity index is 594. The molecule has 1 aromatic carbocycles. The van der Waals surface area contributed by atoms with Crippen molar-refractivity contribution in [2.45, 2.75) is 19.5 Å². The molecule has 0 fully saturated rings. The van der Waals surface area contributed by atoms with E-state index in [0.717, 1.165) is 16.7 Å². The summed E-state index contributed by atoms with van der Waals surface area (Å²) in [6.07, 6.45) is 0. The SMILES string of the molecule is Cc1nc2ccc(CN(C)CC(N)C(=O)O)cc2o1. The molecule has 19 heavy (non-hydrogen) atoms. The second-order valence-electron chi connectivity index (χ2n) is 4.68. The lowest BCUT2D eigenvalue weighted by Crippen LogP contribution is -2.40. The number of hydrogen-bond acceptors (Lipinski definition) is 5. The number of oxazole rings is 1. The van der Waals surface area contributed by atoms with Gasteiger partial charge in [0.2, 0.25) is 0 Å². The van der Waals surface area contributed by atoms with Crippen LogP contribution in [0.3, 0.4) is 0 Å². The number of fused-ring (bicyclic) bond motifs is 1. The number of nitrogens with two attached hydrogens (primary N) is 1. The summed E-state index contributed by atoms with van der Waals surface area (Å²) in [4.78, 5) is 16.8. The van der Waals surface area contributed by atoms with Gasteiger partial charge in [0.05, 0.1) is 0 Å². The van der Waals surface area contributed by atoms with Gasteiger partial charge in [0.1, 0.15) is 11.6 Å². The van der Waals surface area contributed by atoms with Crippen molar-refractivity contribution < 1.29 is 14.3 Å². The van der Waals surface area contributed by atoms with E-state index >= 15 is 0 Å². The third-order valence-corrected chi connectivity index (χ3v) is 2.84. The predicted octanol–water partition coefficient (Wildman–Crippen LogP) is 0.980. The zero-order chi connectivity index (χ0) is 14.0. The van der Waals surface area contributed by atoms with Crippen LogP contribution >= 0.6 is 0 Å². The molecule has 3 N–H and O–H groups in total. The topological polar surface area (TPSA) is 92.6 Å². The molecule has 6 heteroatoms. The smallest absolute Gasteiger partial charge is 0.321 e. The van der Waals surface area contributed by atoms with Gasteiger partial charge in [0, 0.05) is 20.0 Å². The highest BCUT2D eigenvalue weighted by Crippen LogP contribution is 2.17. The molecule has 1 unspecified atom stereocenters. The summed E-state index contributed by atoms with van der Waals surface area (Å²) in [6.45, 7) is 2.71. The van der Waals surface area contributed by atoms with Crippen LogP contribution in [0.2, 0.25) is 0 Å². The highest BCUT2D eigenvalue weighted by molar-refractivity contribution is 5.74. The van der Waals surface area contributed by atoms with Crippen molar-refractivity contribution in [3.05, 3.63) is 29.7 Å². The summed E-state index contributed by atoms with van der Waals surface area (Å²) in [6, 6.07) is 4.89. The molecule has 2 aromatic rings. The molecular weight excluding hydrogens is 246 g/mol. The van der Waals surface area contributed by atoms with Crippen LogP contribution in [0, 0.1) is 6.92 Å². The number of carboxylic acid groups (broad SMARTS) is 1. The number of aromatic nitrogens is 1. The highest BCUT2D eigenvalue weighted by Gasteiger charge is 2.14. The molecule has 0 aliphatic heterocycles. The van der Waals surface area contributed by atoms with Gasteiger partial charge in [-0.15, -0.1) is 0 Å². The van der Waals surface area contributed by atoms with Crippen LogP contribution in [0.25, 0.3) is 11.1 Å². The van der Waals surface area contributed by atoms with E-state index in [2.05, 4.69) is 4.98 Å². The van der Waals surface area contributed by atoms with Crippen molar-refractivity contribution in [3.63, 3.8) is 0 Å². The van der Waals surface area contributed by atoms with Gasteiger partial charge in [-0.2, -0.15) is 0 Å². The minimum atomic E-state index is -0.992. The summed E-state index contributed by atoms with van der Waals surface area (Å²) in [5.74, 6) is -0.360. The van der Waals surface area contributed by atoms with Crippen LogP contribution in [0.5, 0.6) is 0 Å². The summed E-state index contributed by atoms with van der Waals surface area (Å²) in [7, 11) is 1.83. The molecule has 0 bridgehead atoms. The van der Waals surface area contributed by atoms with Crippen LogP contribution in [0.4, 0.5) is 0 Å². The lowest BCUT2D eigenvalue weighted by Gasteiger charge is -2.18. The number of rotatable bonds is 5. The molecule has 0 aliphatic carbocycles. The van der Waals surface area contributed by atoms with Crippen LogP contribution in [-0.2, 0) is 11.3 Å². The van der Waals surface area contributed by atoms with Crippen molar-refractivity contribution in [1.82, 2.24) is 9.88 Å². The molecule has 1 heterocycles. The van der Waals surface area contributed by atoms with Crippen LogP contribution in [0.15, 0.2) is 22.6 Å². The standard InChI is InChI=1S/C13H17N3O3/c1-8-15-11-4-3-9(5-12(11)19-8)6-16(2)7-10(14)13(17)18/h3-5,10H,6-7,14H2,1-2H3,(H,17,18). The van der Waals surface area contributed by atoms with Gasteiger partial charge in [-0.1, -0.05) is 6.07 Å². The third-order valence-electron chi connectivity index (χ3n) is 2.84. The Hall–Kier alpha value is -1.92. The lowest BCUT2D eigenvalue weighted by atomic mass is 10.2. The number of aliphatic carboxylic acids is 1. The fraction of sp³-hybridized carbons (Fsp3) is 0.385. The van der Waals surface area contributed by atoms with E-state index < -0.39 is 12.0 Å². The molecule has 1 atom stereocenters. The molecule has 0 amide bonds. The summed E-state index contributed by atoms with van der Waals surface area (Å²) in [5.41, 5.74) is 8.09. The van der Waals surface area contributed by atoms with Gasteiger partial charge < -0.3 is 15.3 Å². The lowest BCUT2D eigenvalue weighted by molar-refractivity contribution is -0.138. The fourth-order valence-electron chi connectivity index (χ4n) is 1.97. The van der Waals surface area contributed by atoms with Gasteiger partial charge in [-0.3, -0.25) is 9.69 Å². The maximum absolute atomic E-state index is 10.7. The zero-order valence-electron chi connectivity index (χ0n) is 11.0. The quantitative estimate of drug-likeness (QED) is 0.835. The molecule has 0 saturated heterocycles. The molecular formula is C13H17N3O3. The third kappa shape index (κ3) is 3.30. The molecule has 2 rings (SSSR count). The van der Waals surface area contributed by atoms with Crippen molar-refractivity contribution in [2.24, 2.45) is 5.73 Å². The minimum Gasteiger partial charge on any atom is -0.480 e. The van der Waals surface area contributed by atoms with E-state index in [0.29, 0.717) is 19.0 Å². The molecule has 6 nitrogen and oxygen atoms in total. The molecule has 0 spiro atoms. The number of benzene rings is 1. The first-order valence-corrected chi connectivity index (χ1v) is 5.98. The van der Waals surface area contributed by atoms with Gasteiger partial charge in [0.25, 0.3) is 0 Å². The summed E-state index contributed by atoms with van der Waals surface area (Å²) < 4.78 is 5.46. The number of hydrogen-bond donors (Lipinski definition) is 2. The maximum atomic E-state index is 10.7. The Balaban J connectivity index is 2.06. The largest absolute Gasteiger partial charge is 0.480 e. The first-order chi connectivity index (χ1) is 8.95. The highest BCUT2D eigenvalue weighted by atomic mass is 16.4. The number of aryl methyl sites for hydroxylation is 1. The van der Waals surface area contributed by atoms with Gasteiger partial charge >= 0.3 is 5.97 Å². The molecule has 0 aliphatic rings. The molecule has 0 radical (unpaired) electrons. The second-order valence-corrected chi connectivity index (χ2v) is 4.68. The zero-order valence-corrected chi connectivity index (χ0v) is 11.0. The Morgan fingerprint density at radius 2 is 2.32 bits per heavy atom. The predicted molar refractivity (Wildman–Crippen MR) is 70.7 cm³/mol. The van der Waals surface area contributed by atoms with E-state index in [1.807, 2.05) is 30.1 Å². The second kappa shape index (κ2) is 5.38. The van der Waals surface area contributed by atoms with E-state index in [4.69, 9.17) is 15.3 Å². The normalized spacial score (nSPS) is 13.1. The number of carbonyl (C=O) groups is 1. The van der Waals surface area contributed by atoms with E-state index in [1.54, 1.807) is 6.92 Å². The van der Waals surface area contributed by atoms with Crippen molar-refractivity contribution in [1.29, 1.82) is 0 Å². The van der Waals surface area contributed by atoms with E-state index in [9.17, 15) is 4.79 Å². The van der Waals surface area contributed by atoms with Gasteiger partial charge in [0.15, 0.2) is 11.5 Å². The molecule has 102 valence electrons. The van der Waals surface area contributed by atoms with Crippen LogP contribution < -0.4 is 5.73 Å². The Kier molecular flexibility index (Phi) is 3.82.